The van der Waals surface area contributed by atoms with Gasteiger partial charge in [0.1, 0.15) is 0 Å². The zero-order valence-electron chi connectivity index (χ0n) is 9.15. The van der Waals surface area contributed by atoms with E-state index < -0.39 is 46.5 Å². The third-order valence-corrected chi connectivity index (χ3v) is 2.68. The van der Waals surface area contributed by atoms with E-state index in [1.807, 2.05) is 0 Å². The third-order valence-electron chi connectivity index (χ3n) is 1.78. The second-order valence-corrected chi connectivity index (χ2v) is 4.64. The first-order chi connectivity index (χ1) is 7.63. The van der Waals surface area contributed by atoms with Crippen molar-refractivity contribution in [2.24, 2.45) is 0 Å². The third kappa shape index (κ3) is 5.09. The summed E-state index contributed by atoms with van der Waals surface area (Å²) in [7, 11) is -6.91. The van der Waals surface area contributed by atoms with Gasteiger partial charge in [0, 0.05) is 6.42 Å². The maximum absolute atomic E-state index is 12.6. The van der Waals surface area contributed by atoms with Gasteiger partial charge in [-0.3, -0.25) is 0 Å². The molecule has 0 fully saturated rings. The zero-order chi connectivity index (χ0) is 15.0. The van der Waals surface area contributed by atoms with Gasteiger partial charge in [0.05, 0.1) is 0 Å². The van der Waals surface area contributed by atoms with E-state index in [-0.39, 0.29) is 18.9 Å². The fourth-order valence-electron chi connectivity index (χ4n) is 0.821. The molecule has 0 amide bonds. The number of halogens is 8. The molecule has 0 aromatic rings. The Kier molecular flexibility index (Phi) is 6.88. The number of hydrogen-bond donors (Lipinski definition) is 0. The van der Waals surface area contributed by atoms with E-state index in [1.54, 1.807) is 0 Å². The van der Waals surface area contributed by atoms with Crippen LogP contribution in [0.3, 0.4) is 0 Å². The topological polar surface area (TPSA) is 57.2 Å². The van der Waals surface area contributed by atoms with Gasteiger partial charge in [-0.15, -0.1) is 0 Å². The maximum Gasteiger partial charge on any atom is 1.00 e. The Labute approximate surface area is 114 Å². The fourth-order valence-corrected chi connectivity index (χ4v) is 1.28. The van der Waals surface area contributed by atoms with Gasteiger partial charge >= 0.3 is 36.2 Å². The summed E-state index contributed by atoms with van der Waals surface area (Å²) in [4.78, 5) is 0. The zero-order valence-corrected chi connectivity index (χ0v) is 9.96. The second kappa shape index (κ2) is 6.15. The number of alkyl halides is 8. The molecule has 1 atom stereocenters. The van der Waals surface area contributed by atoms with Crippen molar-refractivity contribution in [2.45, 2.75) is 36.4 Å². The summed E-state index contributed by atoms with van der Waals surface area (Å²) in [5.74, 6) is -6.04. The first-order valence-electron chi connectivity index (χ1n) is 4.05. The van der Waals surface area contributed by atoms with Crippen molar-refractivity contribution >= 4 is 10.1 Å². The van der Waals surface area contributed by atoms with Crippen molar-refractivity contribution in [1.82, 2.24) is 0 Å². The average molecular weight is 316 g/mol. The minimum atomic E-state index is -6.91. The van der Waals surface area contributed by atoms with Crippen LogP contribution < -0.4 is 18.9 Å². The van der Waals surface area contributed by atoms with E-state index in [4.69, 9.17) is 0 Å². The molecule has 0 aromatic heterocycles. The van der Waals surface area contributed by atoms with Crippen molar-refractivity contribution in [3.8, 4) is 0 Å². The molecule has 0 aliphatic heterocycles. The average Bonchev–Trinajstić information content (AvgIpc) is 2.10. The molecule has 0 bridgehead atoms. The Morgan fingerprint density at radius 2 is 1.37 bits per heavy atom. The Morgan fingerprint density at radius 3 is 1.63 bits per heavy atom. The van der Waals surface area contributed by atoms with E-state index >= 15 is 0 Å². The molecule has 0 aliphatic carbocycles. The second-order valence-electron chi connectivity index (χ2n) is 3.22. The van der Waals surface area contributed by atoms with Gasteiger partial charge in [-0.1, -0.05) is 0 Å². The molecule has 0 rings (SSSR count). The van der Waals surface area contributed by atoms with Gasteiger partial charge in [0.2, 0.25) is 0 Å². The Bertz CT molecular complexity index is 392. The molecule has 1 unspecified atom stereocenters. The normalized spacial score (nSPS) is 15.8. The molecule has 3 nitrogen and oxygen atoms in total. The number of hydrogen-bond acceptors (Lipinski definition) is 3. The van der Waals surface area contributed by atoms with E-state index in [0.29, 0.717) is 0 Å². The fraction of sp³-hybridized carbons (Fsp3) is 1.00. The summed E-state index contributed by atoms with van der Waals surface area (Å²) in [6.45, 7) is 0. The molecule has 13 heteroatoms. The van der Waals surface area contributed by atoms with Crippen molar-refractivity contribution in [3.05, 3.63) is 0 Å². The van der Waals surface area contributed by atoms with Crippen LogP contribution in [0.5, 0.6) is 0 Å². The standard InChI is InChI=1S/C6H6F8O3S.Li/c7-3(1-2-4(8,9)10)5(11,12)6(13,14)18(15,16)17;/h3H,1-2H2,(H,15,16,17);/q;+1/p-1. The molecule has 0 aliphatic rings. The van der Waals surface area contributed by atoms with E-state index in [2.05, 4.69) is 0 Å². The smallest absolute Gasteiger partial charge is 0.743 e. The molecular formula is C6H5F8LiO3S. The Hall–Kier alpha value is -0.0526. The molecule has 0 radical (unpaired) electrons. The monoisotopic (exact) mass is 316 g/mol. The van der Waals surface area contributed by atoms with E-state index in [1.165, 1.54) is 0 Å². The summed E-state index contributed by atoms with van der Waals surface area (Å²) in [5.41, 5.74) is 0. The molecule has 0 N–H and O–H groups in total. The van der Waals surface area contributed by atoms with Crippen molar-refractivity contribution in [3.63, 3.8) is 0 Å². The molecule has 0 heterocycles. The summed E-state index contributed by atoms with van der Waals surface area (Å²) in [6.07, 6.45) is -13.5. The van der Waals surface area contributed by atoms with Crippen LogP contribution in [-0.4, -0.2) is 36.5 Å². The van der Waals surface area contributed by atoms with E-state index in [9.17, 15) is 48.1 Å². The van der Waals surface area contributed by atoms with Crippen LogP contribution in [0.25, 0.3) is 0 Å². The van der Waals surface area contributed by atoms with Gasteiger partial charge < -0.3 is 4.55 Å². The minimum Gasteiger partial charge on any atom is -0.743 e. The SMILES string of the molecule is O=S(=O)([O-])C(F)(F)C(F)(F)C(F)CCC(F)(F)F.[Li+]. The van der Waals surface area contributed by atoms with Gasteiger partial charge in [0.15, 0.2) is 16.3 Å². The quantitative estimate of drug-likeness (QED) is 0.388. The van der Waals surface area contributed by atoms with Gasteiger partial charge in [-0.2, -0.15) is 30.7 Å². The Morgan fingerprint density at radius 1 is 1.00 bits per heavy atom. The first kappa shape index (κ1) is 21.2. The molecule has 110 valence electrons. The van der Waals surface area contributed by atoms with Crippen LogP contribution in [0.15, 0.2) is 0 Å². The van der Waals surface area contributed by atoms with Crippen molar-refractivity contribution < 1.29 is 67.0 Å². The predicted octanol–water partition coefficient (Wildman–Crippen LogP) is -0.556. The van der Waals surface area contributed by atoms with Crippen LogP contribution in [0.4, 0.5) is 35.1 Å². The molecule has 0 saturated carbocycles. The van der Waals surface area contributed by atoms with Gasteiger partial charge in [-0.05, 0) is 6.42 Å². The summed E-state index contributed by atoms with van der Waals surface area (Å²) in [5, 5.41) is -6.33. The van der Waals surface area contributed by atoms with Crippen LogP contribution in [0.1, 0.15) is 12.8 Å². The minimum absolute atomic E-state index is 0. The van der Waals surface area contributed by atoms with Crippen LogP contribution in [0, 0.1) is 0 Å². The van der Waals surface area contributed by atoms with Gasteiger partial charge in [0.25, 0.3) is 0 Å². The van der Waals surface area contributed by atoms with Crippen LogP contribution in [0.2, 0.25) is 0 Å². The summed E-state index contributed by atoms with van der Waals surface area (Å²) in [6, 6.07) is 0. The summed E-state index contributed by atoms with van der Waals surface area (Å²) >= 11 is 0. The molecule has 0 saturated heterocycles. The summed E-state index contributed by atoms with van der Waals surface area (Å²) < 4.78 is 127. The van der Waals surface area contributed by atoms with Crippen LogP contribution >= 0.6 is 0 Å². The molecule has 0 aromatic carbocycles. The van der Waals surface area contributed by atoms with Crippen molar-refractivity contribution in [1.29, 1.82) is 0 Å². The van der Waals surface area contributed by atoms with Gasteiger partial charge in [-0.25, -0.2) is 12.8 Å². The predicted molar refractivity (Wildman–Crippen MR) is 39.8 cm³/mol. The maximum atomic E-state index is 12.6. The van der Waals surface area contributed by atoms with E-state index in [0.717, 1.165) is 0 Å². The molecule has 0 spiro atoms. The number of rotatable bonds is 5. The first-order valence-corrected chi connectivity index (χ1v) is 5.45. The Balaban J connectivity index is 0. The molecule has 19 heavy (non-hydrogen) atoms. The van der Waals surface area contributed by atoms with Crippen molar-refractivity contribution in [2.75, 3.05) is 0 Å². The largest absolute Gasteiger partial charge is 1.00 e. The molecular weight excluding hydrogens is 311 g/mol. The van der Waals surface area contributed by atoms with Crippen LogP contribution in [-0.2, 0) is 10.1 Å².